The van der Waals surface area contributed by atoms with Crippen molar-refractivity contribution in [1.82, 2.24) is 9.97 Å². The SMILES string of the molecule is CCN(C(=O)Nc1ccccc1)c1ccc2ncsc2n1. The Balaban J connectivity index is 1.85. The summed E-state index contributed by atoms with van der Waals surface area (Å²) >= 11 is 1.46. The van der Waals surface area contributed by atoms with E-state index in [2.05, 4.69) is 15.3 Å². The van der Waals surface area contributed by atoms with Gasteiger partial charge in [-0.15, -0.1) is 11.3 Å². The van der Waals surface area contributed by atoms with Crippen LogP contribution in [0.25, 0.3) is 10.3 Å². The molecule has 21 heavy (non-hydrogen) atoms. The third kappa shape index (κ3) is 2.85. The fourth-order valence-electron chi connectivity index (χ4n) is 2.01. The molecule has 0 aliphatic rings. The van der Waals surface area contributed by atoms with Gasteiger partial charge in [0.15, 0.2) is 0 Å². The van der Waals surface area contributed by atoms with Crippen molar-refractivity contribution in [2.45, 2.75) is 6.92 Å². The lowest BCUT2D eigenvalue weighted by Crippen LogP contribution is -2.35. The van der Waals surface area contributed by atoms with Crippen molar-refractivity contribution in [3.05, 3.63) is 48.0 Å². The number of hydrogen-bond donors (Lipinski definition) is 1. The molecule has 1 N–H and O–H groups in total. The first kappa shape index (κ1) is 13.5. The van der Waals surface area contributed by atoms with Crippen LogP contribution in [0.1, 0.15) is 6.92 Å². The summed E-state index contributed by atoms with van der Waals surface area (Å²) in [7, 11) is 0. The minimum Gasteiger partial charge on any atom is -0.308 e. The van der Waals surface area contributed by atoms with Crippen LogP contribution in [-0.2, 0) is 0 Å². The minimum absolute atomic E-state index is 0.194. The Bertz CT molecular complexity index is 756. The standard InChI is InChI=1S/C15H14N4OS/c1-2-19(15(20)17-11-6-4-3-5-7-11)13-9-8-12-14(18-13)21-10-16-12/h3-10H,2H2,1H3,(H,17,20). The molecule has 2 heterocycles. The molecule has 0 radical (unpaired) electrons. The van der Waals surface area contributed by atoms with Crippen molar-refractivity contribution in [3.8, 4) is 0 Å². The van der Waals surface area contributed by atoms with E-state index in [1.807, 2.05) is 49.4 Å². The van der Waals surface area contributed by atoms with Crippen LogP contribution < -0.4 is 10.2 Å². The molecule has 2 aromatic heterocycles. The summed E-state index contributed by atoms with van der Waals surface area (Å²) in [4.78, 5) is 23.5. The molecule has 1 aromatic carbocycles. The van der Waals surface area contributed by atoms with E-state index in [9.17, 15) is 4.79 Å². The van der Waals surface area contributed by atoms with Gasteiger partial charge in [0.25, 0.3) is 0 Å². The van der Waals surface area contributed by atoms with Gasteiger partial charge in [-0.3, -0.25) is 4.90 Å². The summed E-state index contributed by atoms with van der Waals surface area (Å²) in [6.45, 7) is 2.46. The van der Waals surface area contributed by atoms with Crippen molar-refractivity contribution in [3.63, 3.8) is 0 Å². The lowest BCUT2D eigenvalue weighted by molar-refractivity contribution is 0.257. The Morgan fingerprint density at radius 2 is 2.05 bits per heavy atom. The predicted octanol–water partition coefficient (Wildman–Crippen LogP) is 3.75. The summed E-state index contributed by atoms with van der Waals surface area (Å²) in [5, 5.41) is 2.87. The molecule has 5 nitrogen and oxygen atoms in total. The number of thiazole rings is 1. The number of carbonyl (C=O) groups excluding carboxylic acids is 1. The number of aromatic nitrogens is 2. The maximum Gasteiger partial charge on any atom is 0.327 e. The molecular formula is C15H14N4OS. The van der Waals surface area contributed by atoms with E-state index in [0.29, 0.717) is 12.4 Å². The molecule has 0 atom stereocenters. The summed E-state index contributed by atoms with van der Waals surface area (Å²) < 4.78 is 0. The zero-order valence-electron chi connectivity index (χ0n) is 11.5. The van der Waals surface area contributed by atoms with Gasteiger partial charge >= 0.3 is 6.03 Å². The summed E-state index contributed by atoms with van der Waals surface area (Å²) in [6, 6.07) is 12.9. The number of nitrogens with zero attached hydrogens (tertiary/aromatic N) is 3. The zero-order chi connectivity index (χ0) is 14.7. The molecule has 0 aliphatic heterocycles. The van der Waals surface area contributed by atoms with Gasteiger partial charge in [0.2, 0.25) is 0 Å². The van der Waals surface area contributed by atoms with Crippen LogP contribution in [0.5, 0.6) is 0 Å². The number of para-hydroxylation sites is 1. The molecule has 106 valence electrons. The van der Waals surface area contributed by atoms with Crippen LogP contribution in [0.3, 0.4) is 0 Å². The fraction of sp³-hybridized carbons (Fsp3) is 0.133. The molecule has 0 saturated carbocycles. The molecule has 3 aromatic rings. The highest BCUT2D eigenvalue weighted by Gasteiger charge is 2.16. The maximum absolute atomic E-state index is 12.4. The van der Waals surface area contributed by atoms with Crippen molar-refractivity contribution in [2.75, 3.05) is 16.8 Å². The average molecular weight is 298 g/mol. The third-order valence-corrected chi connectivity index (χ3v) is 3.78. The topological polar surface area (TPSA) is 58.1 Å². The largest absolute Gasteiger partial charge is 0.327 e. The van der Waals surface area contributed by atoms with Crippen LogP contribution in [0, 0.1) is 0 Å². The van der Waals surface area contributed by atoms with E-state index in [-0.39, 0.29) is 6.03 Å². The first-order valence-electron chi connectivity index (χ1n) is 6.61. The second-order valence-electron chi connectivity index (χ2n) is 4.39. The van der Waals surface area contributed by atoms with Gasteiger partial charge in [-0.25, -0.2) is 14.8 Å². The van der Waals surface area contributed by atoms with Crippen molar-refractivity contribution in [2.24, 2.45) is 0 Å². The van der Waals surface area contributed by atoms with Gasteiger partial charge in [-0.05, 0) is 31.2 Å². The van der Waals surface area contributed by atoms with Gasteiger partial charge in [-0.2, -0.15) is 0 Å². The third-order valence-electron chi connectivity index (χ3n) is 3.04. The number of amides is 2. The molecule has 0 unspecified atom stereocenters. The lowest BCUT2D eigenvalue weighted by atomic mass is 10.3. The highest BCUT2D eigenvalue weighted by atomic mass is 32.1. The summed E-state index contributed by atoms with van der Waals surface area (Å²) in [5.41, 5.74) is 3.37. The molecule has 0 aliphatic carbocycles. The molecular weight excluding hydrogens is 284 g/mol. The Hall–Kier alpha value is -2.47. The van der Waals surface area contributed by atoms with Gasteiger partial charge < -0.3 is 5.32 Å². The number of rotatable bonds is 3. The molecule has 0 spiro atoms. The number of nitrogens with one attached hydrogen (secondary N) is 1. The molecule has 0 fully saturated rings. The van der Waals surface area contributed by atoms with Gasteiger partial charge in [0, 0.05) is 12.2 Å². The van der Waals surface area contributed by atoms with E-state index in [4.69, 9.17) is 0 Å². The van der Waals surface area contributed by atoms with Crippen LogP contribution in [0.2, 0.25) is 0 Å². The number of benzene rings is 1. The average Bonchev–Trinajstić information content (AvgIpc) is 2.96. The van der Waals surface area contributed by atoms with Crippen molar-refractivity contribution in [1.29, 1.82) is 0 Å². The molecule has 3 rings (SSSR count). The quantitative estimate of drug-likeness (QED) is 0.801. The number of hydrogen-bond acceptors (Lipinski definition) is 4. The number of fused-ring (bicyclic) bond motifs is 1. The first-order chi connectivity index (χ1) is 10.3. The van der Waals surface area contributed by atoms with Gasteiger partial charge in [-0.1, -0.05) is 18.2 Å². The molecule has 2 amide bonds. The Labute approximate surface area is 126 Å². The van der Waals surface area contributed by atoms with E-state index in [0.717, 1.165) is 16.0 Å². The second kappa shape index (κ2) is 5.88. The number of carbonyl (C=O) groups is 1. The number of pyridine rings is 1. The van der Waals surface area contributed by atoms with E-state index >= 15 is 0 Å². The molecule has 6 heteroatoms. The number of urea groups is 1. The highest BCUT2D eigenvalue weighted by Crippen LogP contribution is 2.21. The summed E-state index contributed by atoms with van der Waals surface area (Å²) in [6.07, 6.45) is 0. The molecule has 0 saturated heterocycles. The van der Waals surface area contributed by atoms with E-state index in [1.165, 1.54) is 11.3 Å². The van der Waals surface area contributed by atoms with E-state index < -0.39 is 0 Å². The monoisotopic (exact) mass is 298 g/mol. The molecule has 0 bridgehead atoms. The van der Waals surface area contributed by atoms with Crippen LogP contribution >= 0.6 is 11.3 Å². The normalized spacial score (nSPS) is 10.5. The smallest absolute Gasteiger partial charge is 0.308 e. The van der Waals surface area contributed by atoms with Crippen molar-refractivity contribution >= 4 is 39.2 Å². The van der Waals surface area contributed by atoms with Gasteiger partial charge in [0.05, 0.1) is 5.51 Å². The van der Waals surface area contributed by atoms with Crippen LogP contribution in [-0.4, -0.2) is 22.5 Å². The second-order valence-corrected chi connectivity index (χ2v) is 5.22. The van der Waals surface area contributed by atoms with Crippen LogP contribution in [0.4, 0.5) is 16.3 Å². The van der Waals surface area contributed by atoms with Gasteiger partial charge in [0.1, 0.15) is 16.2 Å². The fourth-order valence-corrected chi connectivity index (χ4v) is 2.67. The number of anilines is 2. The highest BCUT2D eigenvalue weighted by molar-refractivity contribution is 7.16. The Morgan fingerprint density at radius 3 is 2.81 bits per heavy atom. The predicted molar refractivity (Wildman–Crippen MR) is 85.9 cm³/mol. The van der Waals surface area contributed by atoms with Crippen LogP contribution in [0.15, 0.2) is 48.0 Å². The lowest BCUT2D eigenvalue weighted by Gasteiger charge is -2.20. The maximum atomic E-state index is 12.4. The van der Waals surface area contributed by atoms with E-state index in [1.54, 1.807) is 10.4 Å². The Morgan fingerprint density at radius 1 is 1.24 bits per heavy atom. The summed E-state index contributed by atoms with van der Waals surface area (Å²) in [5.74, 6) is 0.627. The first-order valence-corrected chi connectivity index (χ1v) is 7.49. The Kier molecular flexibility index (Phi) is 3.79. The van der Waals surface area contributed by atoms with Crippen molar-refractivity contribution < 1.29 is 4.79 Å². The zero-order valence-corrected chi connectivity index (χ0v) is 12.3. The minimum atomic E-state index is -0.194.